The second kappa shape index (κ2) is 12.0. The molecule has 0 aliphatic carbocycles. The Labute approximate surface area is 248 Å². The lowest BCUT2D eigenvalue weighted by molar-refractivity contribution is -0.137. The Morgan fingerprint density at radius 1 is 0.837 bits per heavy atom. The molecule has 0 bridgehead atoms. The van der Waals surface area contributed by atoms with E-state index in [9.17, 15) is 36.3 Å². The molecule has 1 fully saturated rings. The van der Waals surface area contributed by atoms with E-state index in [1.54, 1.807) is 24.3 Å². The number of amides is 2. The molecule has 1 aliphatic rings. The quantitative estimate of drug-likeness (QED) is 0.416. The van der Waals surface area contributed by atoms with Crippen molar-refractivity contribution in [2.75, 3.05) is 31.1 Å². The number of sulfonamides is 1. The fourth-order valence-corrected chi connectivity index (χ4v) is 4.89. The molecule has 3 aromatic carbocycles. The van der Waals surface area contributed by atoms with Gasteiger partial charge < -0.3 is 14.9 Å². The molecule has 0 unspecified atom stereocenters. The zero-order chi connectivity index (χ0) is 31.6. The van der Waals surface area contributed by atoms with Gasteiger partial charge in [-0.25, -0.2) is 13.1 Å². The van der Waals surface area contributed by atoms with Gasteiger partial charge in [0.05, 0.1) is 10.3 Å². The lowest BCUT2D eigenvalue weighted by Gasteiger charge is -2.36. The van der Waals surface area contributed by atoms with Crippen molar-refractivity contribution < 1.29 is 36.3 Å². The van der Waals surface area contributed by atoms with Crippen LogP contribution in [0.15, 0.2) is 66.7 Å². The van der Waals surface area contributed by atoms with Crippen LogP contribution in [0.4, 0.5) is 18.9 Å². The van der Waals surface area contributed by atoms with Gasteiger partial charge in [0.25, 0.3) is 11.8 Å². The third kappa shape index (κ3) is 7.67. The van der Waals surface area contributed by atoms with Crippen molar-refractivity contribution in [3.05, 3.63) is 94.5 Å². The molecule has 43 heavy (non-hydrogen) atoms. The number of halogens is 3. The smallest absolute Gasteiger partial charge is 0.416 e. The number of hydrogen-bond acceptors (Lipinski definition) is 6. The fraction of sp³-hybridized carbons (Fsp3) is 0.290. The van der Waals surface area contributed by atoms with Crippen molar-refractivity contribution in [3.8, 4) is 17.6 Å². The van der Waals surface area contributed by atoms with Crippen LogP contribution in [0.25, 0.3) is 0 Å². The SMILES string of the molecule is CC(C)(C)S(=O)(=O)NC(=O)c1ccc(N2CCN(C(=O)c3cc(C#Cc4cccc(O)c4)cc(C(F)(F)F)c3)CC2)cc1. The van der Waals surface area contributed by atoms with Crippen LogP contribution in [-0.2, 0) is 16.2 Å². The van der Waals surface area contributed by atoms with Crippen molar-refractivity contribution in [1.29, 1.82) is 0 Å². The number of phenols is 1. The molecule has 12 heteroatoms. The summed E-state index contributed by atoms with van der Waals surface area (Å²) in [7, 11) is -3.87. The number of aromatic hydroxyl groups is 1. The largest absolute Gasteiger partial charge is 0.508 e. The number of hydrogen-bond donors (Lipinski definition) is 2. The summed E-state index contributed by atoms with van der Waals surface area (Å²) in [6.45, 7) is 5.70. The van der Waals surface area contributed by atoms with Gasteiger partial charge in [0.1, 0.15) is 5.75 Å². The Morgan fingerprint density at radius 3 is 2.05 bits per heavy atom. The average molecular weight is 614 g/mol. The Balaban J connectivity index is 1.45. The molecular weight excluding hydrogens is 583 g/mol. The second-order valence-electron chi connectivity index (χ2n) is 11.0. The summed E-state index contributed by atoms with van der Waals surface area (Å²) >= 11 is 0. The highest BCUT2D eigenvalue weighted by molar-refractivity contribution is 7.91. The molecule has 226 valence electrons. The molecule has 0 atom stereocenters. The van der Waals surface area contributed by atoms with E-state index >= 15 is 0 Å². The molecule has 0 radical (unpaired) electrons. The van der Waals surface area contributed by atoms with Crippen LogP contribution in [0.2, 0.25) is 0 Å². The Bertz CT molecular complexity index is 1700. The Morgan fingerprint density at radius 2 is 1.47 bits per heavy atom. The first kappa shape index (κ1) is 31.4. The number of phenolic OH excluding ortho intramolecular Hbond substituents is 1. The standard InChI is InChI=1S/C31H30F3N3O5S/c1-30(2,3)43(41,42)35-28(39)23-9-11-26(12-10-23)36-13-15-37(16-14-36)29(40)24-17-22(18-25(20-24)31(32,33)34)8-7-21-5-4-6-27(38)19-21/h4-6,9-12,17-20,38H,13-16H2,1-3H3,(H,35,39). The van der Waals surface area contributed by atoms with Crippen LogP contribution >= 0.6 is 0 Å². The molecule has 1 heterocycles. The van der Waals surface area contributed by atoms with Crippen molar-refractivity contribution in [2.45, 2.75) is 31.7 Å². The van der Waals surface area contributed by atoms with E-state index in [-0.39, 0.29) is 35.5 Å². The molecule has 2 amide bonds. The molecule has 0 saturated carbocycles. The van der Waals surface area contributed by atoms with Crippen LogP contribution < -0.4 is 9.62 Å². The number of nitrogens with zero attached hydrogens (tertiary/aromatic N) is 2. The van der Waals surface area contributed by atoms with Gasteiger partial charge in [-0.05, 0) is 81.4 Å². The van der Waals surface area contributed by atoms with Crippen LogP contribution in [0, 0.1) is 11.8 Å². The normalized spacial score (nSPS) is 14.1. The first-order chi connectivity index (χ1) is 20.0. The van der Waals surface area contributed by atoms with Crippen LogP contribution in [0.5, 0.6) is 5.75 Å². The number of rotatable bonds is 4. The first-order valence-electron chi connectivity index (χ1n) is 13.3. The van der Waals surface area contributed by atoms with Gasteiger partial charge in [0.2, 0.25) is 10.0 Å². The number of piperazine rings is 1. The number of alkyl halides is 3. The summed E-state index contributed by atoms with van der Waals surface area (Å²) in [6.07, 6.45) is -4.68. The third-order valence-corrected chi connectivity index (χ3v) is 8.87. The molecular formula is C31H30F3N3O5S. The van der Waals surface area contributed by atoms with Gasteiger partial charge in [-0.3, -0.25) is 9.59 Å². The zero-order valence-electron chi connectivity index (χ0n) is 23.7. The summed E-state index contributed by atoms with van der Waals surface area (Å²) < 4.78 is 66.4. The Kier molecular flexibility index (Phi) is 8.78. The minimum Gasteiger partial charge on any atom is -0.508 e. The maximum atomic E-state index is 13.7. The maximum Gasteiger partial charge on any atom is 0.416 e. The summed E-state index contributed by atoms with van der Waals surface area (Å²) in [5.41, 5.74) is 0.203. The molecule has 3 aromatic rings. The van der Waals surface area contributed by atoms with Gasteiger partial charge in [0.15, 0.2) is 0 Å². The predicted octanol–water partition coefficient (Wildman–Crippen LogP) is 4.63. The third-order valence-electron chi connectivity index (χ3n) is 6.80. The highest BCUT2D eigenvalue weighted by atomic mass is 32.2. The average Bonchev–Trinajstić information content (AvgIpc) is 2.94. The number of nitrogens with one attached hydrogen (secondary N) is 1. The highest BCUT2D eigenvalue weighted by Gasteiger charge is 2.33. The lowest BCUT2D eigenvalue weighted by Crippen LogP contribution is -2.48. The lowest BCUT2D eigenvalue weighted by atomic mass is 10.0. The van der Waals surface area contributed by atoms with Gasteiger partial charge in [-0.1, -0.05) is 17.9 Å². The summed E-state index contributed by atoms with van der Waals surface area (Å²) in [4.78, 5) is 29.1. The first-order valence-corrected chi connectivity index (χ1v) is 14.8. The van der Waals surface area contributed by atoms with Crippen molar-refractivity contribution in [3.63, 3.8) is 0 Å². The van der Waals surface area contributed by atoms with Crippen molar-refractivity contribution in [1.82, 2.24) is 9.62 Å². The fourth-order valence-electron chi connectivity index (χ4n) is 4.22. The molecule has 2 N–H and O–H groups in total. The van der Waals surface area contributed by atoms with E-state index in [4.69, 9.17) is 0 Å². The van der Waals surface area contributed by atoms with E-state index in [2.05, 4.69) is 16.6 Å². The van der Waals surface area contributed by atoms with Crippen LogP contribution in [0.3, 0.4) is 0 Å². The minimum atomic E-state index is -4.68. The summed E-state index contributed by atoms with van der Waals surface area (Å²) in [6, 6.07) is 15.4. The van der Waals surface area contributed by atoms with Gasteiger partial charge in [-0.2, -0.15) is 13.2 Å². The maximum absolute atomic E-state index is 13.7. The topological polar surface area (TPSA) is 107 Å². The number of carbonyl (C=O) groups is 2. The molecule has 0 aromatic heterocycles. The van der Waals surface area contributed by atoms with Crippen molar-refractivity contribution in [2.24, 2.45) is 0 Å². The van der Waals surface area contributed by atoms with E-state index in [1.807, 2.05) is 4.90 Å². The summed E-state index contributed by atoms with van der Waals surface area (Å²) in [5, 5.41) is 9.60. The zero-order valence-corrected chi connectivity index (χ0v) is 24.5. The Hall–Kier alpha value is -4.50. The van der Waals surface area contributed by atoms with E-state index in [0.717, 1.165) is 17.8 Å². The molecule has 8 nitrogen and oxygen atoms in total. The van der Waals surface area contributed by atoms with Crippen LogP contribution in [-0.4, -0.2) is 61.2 Å². The summed E-state index contributed by atoms with van der Waals surface area (Å²) in [5.74, 6) is 4.04. The number of carbonyl (C=O) groups excluding carboxylic acids is 2. The molecule has 1 aliphatic heterocycles. The monoisotopic (exact) mass is 613 g/mol. The highest BCUT2D eigenvalue weighted by Crippen LogP contribution is 2.31. The van der Waals surface area contributed by atoms with Gasteiger partial charge >= 0.3 is 6.18 Å². The van der Waals surface area contributed by atoms with Gasteiger partial charge in [-0.15, -0.1) is 0 Å². The van der Waals surface area contributed by atoms with Crippen molar-refractivity contribution >= 4 is 27.5 Å². The molecule has 4 rings (SSSR count). The number of benzene rings is 3. The van der Waals surface area contributed by atoms with E-state index in [1.165, 1.54) is 56.0 Å². The minimum absolute atomic E-state index is 0.0135. The van der Waals surface area contributed by atoms with E-state index in [0.29, 0.717) is 18.7 Å². The van der Waals surface area contributed by atoms with Crippen LogP contribution in [0.1, 0.15) is 58.2 Å². The van der Waals surface area contributed by atoms with Gasteiger partial charge in [0, 0.05) is 54.1 Å². The second-order valence-corrected chi connectivity index (χ2v) is 13.4. The molecule has 0 spiro atoms. The number of anilines is 1. The molecule has 1 saturated heterocycles. The van der Waals surface area contributed by atoms with E-state index < -0.39 is 38.3 Å². The predicted molar refractivity (Wildman–Crippen MR) is 156 cm³/mol.